The highest BCUT2D eigenvalue weighted by Crippen LogP contribution is 2.28. The summed E-state index contributed by atoms with van der Waals surface area (Å²) in [4.78, 5) is 2.51. The third-order valence-corrected chi connectivity index (χ3v) is 1.84. The Hall–Kier alpha value is -0.0400. The van der Waals surface area contributed by atoms with E-state index in [0.29, 0.717) is 5.41 Å². The van der Waals surface area contributed by atoms with Gasteiger partial charge < -0.3 is 4.90 Å². The van der Waals surface area contributed by atoms with Crippen molar-refractivity contribution in [2.45, 2.75) is 27.2 Å². The highest BCUT2D eigenvalue weighted by molar-refractivity contribution is 4.86. The molecule has 0 aromatic heterocycles. The van der Waals surface area contributed by atoms with Crippen LogP contribution < -0.4 is 0 Å². The number of hydrogen-bond acceptors (Lipinski definition) is 1. The molecular formula is C8H17N. The van der Waals surface area contributed by atoms with E-state index in [1.807, 2.05) is 0 Å². The average Bonchev–Trinajstić information content (AvgIpc) is 1.62. The molecule has 0 saturated carbocycles. The molecule has 1 fully saturated rings. The van der Waals surface area contributed by atoms with Gasteiger partial charge in [-0.3, -0.25) is 0 Å². The third kappa shape index (κ3) is 1.68. The Morgan fingerprint density at radius 1 is 1.33 bits per heavy atom. The molecule has 0 spiro atoms. The van der Waals surface area contributed by atoms with E-state index >= 15 is 0 Å². The van der Waals surface area contributed by atoms with Crippen molar-refractivity contribution in [2.75, 3.05) is 19.6 Å². The largest absolute Gasteiger partial charge is 0.302 e. The molecule has 0 N–H and O–H groups in total. The zero-order valence-electron chi connectivity index (χ0n) is 6.78. The lowest BCUT2D eigenvalue weighted by Crippen LogP contribution is -2.52. The van der Waals surface area contributed by atoms with Crippen LogP contribution in [0.4, 0.5) is 0 Å². The van der Waals surface area contributed by atoms with Crippen LogP contribution in [-0.4, -0.2) is 24.5 Å². The molecule has 0 aliphatic carbocycles. The van der Waals surface area contributed by atoms with E-state index < -0.39 is 0 Å². The Labute approximate surface area is 58.0 Å². The highest BCUT2D eigenvalue weighted by atomic mass is 15.2. The summed E-state index contributed by atoms with van der Waals surface area (Å²) >= 11 is 0. The van der Waals surface area contributed by atoms with Crippen LogP contribution in [0.25, 0.3) is 0 Å². The van der Waals surface area contributed by atoms with Crippen LogP contribution in [0.3, 0.4) is 0 Å². The summed E-state index contributed by atoms with van der Waals surface area (Å²) in [6.07, 6.45) is 1.30. The summed E-state index contributed by atoms with van der Waals surface area (Å²) in [6.45, 7) is 10.8. The lowest BCUT2D eigenvalue weighted by molar-refractivity contribution is 0.0316. The fraction of sp³-hybridized carbons (Fsp3) is 1.00. The molecule has 0 bridgehead atoms. The van der Waals surface area contributed by atoms with Crippen molar-refractivity contribution in [3.8, 4) is 0 Å². The SMILES string of the molecule is CCCN1CC(C)(C)C1. The number of rotatable bonds is 2. The fourth-order valence-electron chi connectivity index (χ4n) is 1.64. The molecule has 1 aliphatic heterocycles. The molecule has 0 aromatic rings. The van der Waals surface area contributed by atoms with Gasteiger partial charge in [0.15, 0.2) is 0 Å². The molecule has 1 aliphatic rings. The van der Waals surface area contributed by atoms with Crippen LogP contribution in [0.1, 0.15) is 27.2 Å². The summed E-state index contributed by atoms with van der Waals surface area (Å²) in [5.41, 5.74) is 0.620. The van der Waals surface area contributed by atoms with E-state index in [1.165, 1.54) is 26.1 Å². The average molecular weight is 127 g/mol. The summed E-state index contributed by atoms with van der Waals surface area (Å²) < 4.78 is 0. The molecule has 1 rings (SSSR count). The van der Waals surface area contributed by atoms with Crippen LogP contribution >= 0.6 is 0 Å². The third-order valence-electron chi connectivity index (χ3n) is 1.84. The molecule has 9 heavy (non-hydrogen) atoms. The minimum absolute atomic E-state index is 0.620. The second-order valence-electron chi connectivity index (χ2n) is 3.87. The monoisotopic (exact) mass is 127 g/mol. The Balaban J connectivity index is 2.12. The molecule has 0 atom stereocenters. The molecule has 0 amide bonds. The van der Waals surface area contributed by atoms with Gasteiger partial charge in [-0.25, -0.2) is 0 Å². The van der Waals surface area contributed by atoms with Crippen molar-refractivity contribution in [1.29, 1.82) is 0 Å². The summed E-state index contributed by atoms with van der Waals surface area (Å²) in [5, 5.41) is 0. The van der Waals surface area contributed by atoms with Crippen molar-refractivity contribution in [3.63, 3.8) is 0 Å². The zero-order chi connectivity index (χ0) is 6.91. The van der Waals surface area contributed by atoms with Gasteiger partial charge in [0.25, 0.3) is 0 Å². The molecule has 1 nitrogen and oxygen atoms in total. The number of likely N-dealkylation sites (tertiary alicyclic amines) is 1. The van der Waals surface area contributed by atoms with Crippen LogP contribution in [0.5, 0.6) is 0 Å². The van der Waals surface area contributed by atoms with E-state index in [0.717, 1.165) is 0 Å². The Morgan fingerprint density at radius 3 is 2.22 bits per heavy atom. The van der Waals surface area contributed by atoms with Crippen molar-refractivity contribution in [2.24, 2.45) is 5.41 Å². The number of nitrogens with zero attached hydrogens (tertiary/aromatic N) is 1. The Kier molecular flexibility index (Phi) is 1.80. The van der Waals surface area contributed by atoms with Gasteiger partial charge in [-0.1, -0.05) is 20.8 Å². The normalized spacial score (nSPS) is 25.7. The van der Waals surface area contributed by atoms with E-state index in [4.69, 9.17) is 0 Å². The van der Waals surface area contributed by atoms with Gasteiger partial charge in [-0.2, -0.15) is 0 Å². The van der Waals surface area contributed by atoms with Gasteiger partial charge in [0.2, 0.25) is 0 Å². The van der Waals surface area contributed by atoms with Crippen molar-refractivity contribution in [3.05, 3.63) is 0 Å². The van der Waals surface area contributed by atoms with Gasteiger partial charge in [0.1, 0.15) is 0 Å². The molecule has 0 radical (unpaired) electrons. The predicted molar refractivity (Wildman–Crippen MR) is 40.5 cm³/mol. The first-order chi connectivity index (χ1) is 4.14. The molecule has 0 unspecified atom stereocenters. The number of hydrogen-bond donors (Lipinski definition) is 0. The molecule has 54 valence electrons. The Bertz CT molecular complexity index is 88.7. The summed E-state index contributed by atoms with van der Waals surface area (Å²) in [7, 11) is 0. The van der Waals surface area contributed by atoms with Crippen LogP contribution in [0.2, 0.25) is 0 Å². The lowest BCUT2D eigenvalue weighted by atomic mass is 9.84. The maximum Gasteiger partial charge on any atom is 0.00452 e. The first-order valence-electron chi connectivity index (χ1n) is 3.86. The van der Waals surface area contributed by atoms with Crippen LogP contribution in [0.15, 0.2) is 0 Å². The Morgan fingerprint density at radius 2 is 1.89 bits per heavy atom. The fourth-order valence-corrected chi connectivity index (χ4v) is 1.64. The van der Waals surface area contributed by atoms with Gasteiger partial charge in [-0.15, -0.1) is 0 Å². The minimum atomic E-state index is 0.620. The summed E-state index contributed by atoms with van der Waals surface area (Å²) in [5.74, 6) is 0. The first-order valence-corrected chi connectivity index (χ1v) is 3.86. The lowest BCUT2D eigenvalue weighted by Gasteiger charge is -2.45. The maximum atomic E-state index is 2.51. The van der Waals surface area contributed by atoms with Crippen molar-refractivity contribution < 1.29 is 0 Å². The van der Waals surface area contributed by atoms with Crippen molar-refractivity contribution >= 4 is 0 Å². The smallest absolute Gasteiger partial charge is 0.00452 e. The maximum absolute atomic E-state index is 2.51. The van der Waals surface area contributed by atoms with Crippen LogP contribution in [-0.2, 0) is 0 Å². The van der Waals surface area contributed by atoms with E-state index in [1.54, 1.807) is 0 Å². The van der Waals surface area contributed by atoms with E-state index in [-0.39, 0.29) is 0 Å². The first kappa shape index (κ1) is 7.07. The quantitative estimate of drug-likeness (QED) is 0.546. The second-order valence-corrected chi connectivity index (χ2v) is 3.87. The molecule has 1 saturated heterocycles. The summed E-state index contributed by atoms with van der Waals surface area (Å²) in [6, 6.07) is 0. The standard InChI is InChI=1S/C8H17N/c1-4-5-9-6-8(2,3)7-9/h4-7H2,1-3H3. The highest BCUT2D eigenvalue weighted by Gasteiger charge is 2.32. The molecule has 0 aromatic carbocycles. The minimum Gasteiger partial charge on any atom is -0.302 e. The van der Waals surface area contributed by atoms with Crippen LogP contribution in [0, 0.1) is 5.41 Å². The van der Waals surface area contributed by atoms with Gasteiger partial charge in [0.05, 0.1) is 0 Å². The molecular weight excluding hydrogens is 110 g/mol. The van der Waals surface area contributed by atoms with Crippen molar-refractivity contribution in [1.82, 2.24) is 4.90 Å². The topological polar surface area (TPSA) is 3.24 Å². The second kappa shape index (κ2) is 2.30. The van der Waals surface area contributed by atoms with Gasteiger partial charge >= 0.3 is 0 Å². The molecule has 1 heteroatoms. The van der Waals surface area contributed by atoms with Gasteiger partial charge in [-0.05, 0) is 18.4 Å². The molecule has 1 heterocycles. The predicted octanol–water partition coefficient (Wildman–Crippen LogP) is 1.74. The zero-order valence-corrected chi connectivity index (χ0v) is 6.78. The van der Waals surface area contributed by atoms with E-state index in [9.17, 15) is 0 Å². The van der Waals surface area contributed by atoms with Gasteiger partial charge in [0, 0.05) is 13.1 Å². The van der Waals surface area contributed by atoms with E-state index in [2.05, 4.69) is 25.7 Å².